The second-order valence-electron chi connectivity index (χ2n) is 7.73. The van der Waals surface area contributed by atoms with Gasteiger partial charge in [0.2, 0.25) is 12.3 Å². The highest BCUT2D eigenvalue weighted by Crippen LogP contribution is 2.35. The maximum absolute atomic E-state index is 13.2. The average Bonchev–Trinajstić information content (AvgIpc) is 2.85. The minimum atomic E-state index is -4.64. The van der Waals surface area contributed by atoms with Crippen molar-refractivity contribution in [1.29, 1.82) is 0 Å². The van der Waals surface area contributed by atoms with Crippen molar-refractivity contribution in [2.45, 2.75) is 32.7 Å². The highest BCUT2D eigenvalue weighted by Gasteiger charge is 2.39. The summed E-state index contributed by atoms with van der Waals surface area (Å²) in [7, 11) is 1.77. The van der Waals surface area contributed by atoms with Gasteiger partial charge in [0.05, 0.1) is 22.5 Å². The van der Waals surface area contributed by atoms with Gasteiger partial charge in [-0.3, -0.25) is 9.78 Å². The lowest BCUT2D eigenvalue weighted by Crippen LogP contribution is -2.34. The van der Waals surface area contributed by atoms with Gasteiger partial charge in [-0.1, -0.05) is 41.9 Å². The van der Waals surface area contributed by atoms with Crippen LogP contribution in [0.4, 0.5) is 19.0 Å². The molecule has 0 radical (unpaired) electrons. The van der Waals surface area contributed by atoms with Crippen molar-refractivity contribution in [3.8, 4) is 5.88 Å². The molecule has 8 nitrogen and oxygen atoms in total. The van der Waals surface area contributed by atoms with Gasteiger partial charge in [-0.2, -0.15) is 23.2 Å². The van der Waals surface area contributed by atoms with E-state index in [1.807, 2.05) is 37.3 Å². The normalized spacial score (nSPS) is 12.9. The highest BCUT2D eigenvalue weighted by molar-refractivity contribution is 6.35. The summed E-state index contributed by atoms with van der Waals surface area (Å²) in [5, 5.41) is 5.43. The number of pyridine rings is 2. The molecule has 192 valence electrons. The van der Waals surface area contributed by atoms with Crippen LogP contribution in [0.5, 0.6) is 5.88 Å². The van der Waals surface area contributed by atoms with Gasteiger partial charge in [-0.25, -0.2) is 0 Å². The van der Waals surface area contributed by atoms with Crippen molar-refractivity contribution in [2.24, 2.45) is 5.10 Å². The average molecular weight is 524 g/mol. The summed E-state index contributed by atoms with van der Waals surface area (Å²) in [5.41, 5.74) is 1.15. The topological polar surface area (TPSA) is 80.2 Å². The summed E-state index contributed by atoms with van der Waals surface area (Å²) in [6.07, 6.45) is -5.06. The first kappa shape index (κ1) is 27.2. The van der Waals surface area contributed by atoms with Crippen LogP contribution in [0.25, 0.3) is 10.9 Å². The lowest BCUT2D eigenvalue weighted by molar-refractivity contribution is -0.189. The van der Waals surface area contributed by atoms with Crippen molar-refractivity contribution in [1.82, 2.24) is 14.9 Å². The summed E-state index contributed by atoms with van der Waals surface area (Å²) in [4.78, 5) is 22.0. The van der Waals surface area contributed by atoms with E-state index in [-0.39, 0.29) is 28.4 Å². The molecule has 0 aliphatic carbocycles. The molecular formula is C24H25ClF3N5O3. The van der Waals surface area contributed by atoms with Gasteiger partial charge in [0, 0.05) is 25.9 Å². The first-order valence-corrected chi connectivity index (χ1v) is 11.3. The zero-order valence-electron chi connectivity index (χ0n) is 19.9. The van der Waals surface area contributed by atoms with E-state index < -0.39 is 18.2 Å². The third-order valence-corrected chi connectivity index (χ3v) is 5.50. The van der Waals surface area contributed by atoms with Gasteiger partial charge in [-0.05, 0) is 25.5 Å². The number of hydrogen-bond acceptors (Lipinski definition) is 6. The molecule has 3 rings (SSSR count). The maximum Gasteiger partial charge on any atom is 0.425 e. The van der Waals surface area contributed by atoms with Crippen molar-refractivity contribution >= 4 is 40.6 Å². The minimum Gasteiger partial charge on any atom is -0.464 e. The number of rotatable bonds is 10. The molecular weight excluding hydrogens is 499 g/mol. The van der Waals surface area contributed by atoms with E-state index in [1.165, 1.54) is 18.3 Å². The number of alkyl halides is 3. The summed E-state index contributed by atoms with van der Waals surface area (Å²) in [6.45, 7) is 3.68. The van der Waals surface area contributed by atoms with Gasteiger partial charge < -0.3 is 14.4 Å². The van der Waals surface area contributed by atoms with Crippen LogP contribution in [0.1, 0.15) is 19.4 Å². The van der Waals surface area contributed by atoms with Crippen LogP contribution in [-0.2, 0) is 16.1 Å². The fraction of sp³-hybridized carbons (Fsp3) is 0.333. The Labute approximate surface area is 211 Å². The highest BCUT2D eigenvalue weighted by atomic mass is 35.5. The van der Waals surface area contributed by atoms with Crippen LogP contribution >= 0.6 is 11.6 Å². The zero-order chi connectivity index (χ0) is 26.3. The van der Waals surface area contributed by atoms with Gasteiger partial charge >= 0.3 is 6.18 Å². The zero-order valence-corrected chi connectivity index (χ0v) is 20.6. The molecule has 0 aliphatic rings. The molecule has 0 spiro atoms. The molecule has 3 aromatic rings. The summed E-state index contributed by atoms with van der Waals surface area (Å²) in [5.74, 6) is -0.118. The number of carbonyl (C=O) groups excluding carboxylic acids is 1. The number of carbonyl (C=O) groups is 1. The van der Waals surface area contributed by atoms with Crippen molar-refractivity contribution in [2.75, 3.05) is 25.2 Å². The number of hydrazone groups is 1. The number of fused-ring (bicyclic) bond motifs is 1. The number of anilines is 1. The molecule has 0 bridgehead atoms. The van der Waals surface area contributed by atoms with Crippen molar-refractivity contribution in [3.63, 3.8) is 0 Å². The van der Waals surface area contributed by atoms with Gasteiger partial charge in [-0.15, -0.1) is 5.10 Å². The first-order valence-electron chi connectivity index (χ1n) is 11.0. The summed E-state index contributed by atoms with van der Waals surface area (Å²) in [6, 6.07) is 12.3. The minimum absolute atomic E-state index is 0.0652. The Balaban J connectivity index is 1.96. The predicted octanol–water partition coefficient (Wildman–Crippen LogP) is 5.06. The predicted molar refractivity (Wildman–Crippen MR) is 131 cm³/mol. The van der Waals surface area contributed by atoms with E-state index in [2.05, 4.69) is 15.1 Å². The molecule has 1 aromatic carbocycles. The van der Waals surface area contributed by atoms with E-state index in [4.69, 9.17) is 21.1 Å². The van der Waals surface area contributed by atoms with Crippen molar-refractivity contribution < 1.29 is 27.4 Å². The lowest BCUT2D eigenvalue weighted by Gasteiger charge is -2.23. The molecule has 1 atom stereocenters. The Hall–Kier alpha value is -3.44. The third kappa shape index (κ3) is 6.82. The Bertz CT molecular complexity index is 1210. The standard InChI is InChI=1S/C24H25ClF3N5O3/c1-4-32(3)21(14-35-13-17-8-6-5-7-9-17)31-33(15-34)20-12-19-22(18(25)10-11-29-19)23(30-20)36-16(2)24(26,27)28/h5-12,15-16H,4,13-14H2,1-3H3/b31-21-. The quantitative estimate of drug-likeness (QED) is 0.160. The monoisotopic (exact) mass is 523 g/mol. The number of hydrogen-bond donors (Lipinski definition) is 0. The molecule has 12 heteroatoms. The molecule has 0 N–H and O–H groups in total. The Morgan fingerprint density at radius 2 is 1.97 bits per heavy atom. The molecule has 1 unspecified atom stereocenters. The Morgan fingerprint density at radius 1 is 1.25 bits per heavy atom. The smallest absolute Gasteiger partial charge is 0.425 e. The van der Waals surface area contributed by atoms with E-state index in [9.17, 15) is 18.0 Å². The van der Waals surface area contributed by atoms with Crippen LogP contribution in [-0.4, -0.2) is 59.6 Å². The SMILES string of the molecule is CCN(C)/C(COCc1ccccc1)=N\N(C=O)c1cc2nccc(Cl)c2c(OC(C)C(F)(F)F)n1. The van der Waals surface area contributed by atoms with E-state index in [1.54, 1.807) is 11.9 Å². The van der Waals surface area contributed by atoms with Crippen LogP contribution in [0.2, 0.25) is 5.02 Å². The number of amides is 1. The molecule has 0 fully saturated rings. The second-order valence-corrected chi connectivity index (χ2v) is 8.14. The van der Waals surface area contributed by atoms with Gasteiger partial charge in [0.15, 0.2) is 17.8 Å². The molecule has 36 heavy (non-hydrogen) atoms. The lowest BCUT2D eigenvalue weighted by atomic mass is 10.2. The van der Waals surface area contributed by atoms with Crippen LogP contribution in [0, 0.1) is 0 Å². The molecule has 2 heterocycles. The number of halogens is 4. The Morgan fingerprint density at radius 3 is 2.61 bits per heavy atom. The molecule has 0 aliphatic heterocycles. The second kappa shape index (κ2) is 12.0. The third-order valence-electron chi connectivity index (χ3n) is 5.19. The molecule has 1 amide bonds. The van der Waals surface area contributed by atoms with E-state index in [0.29, 0.717) is 25.4 Å². The number of nitrogens with zero attached hydrogens (tertiary/aromatic N) is 5. The van der Waals surface area contributed by atoms with E-state index >= 15 is 0 Å². The Kier molecular flexibility index (Phi) is 9.05. The van der Waals surface area contributed by atoms with Crippen molar-refractivity contribution in [3.05, 3.63) is 59.2 Å². The molecule has 0 saturated carbocycles. The summed E-state index contributed by atoms with van der Waals surface area (Å²) < 4.78 is 50.5. The van der Waals surface area contributed by atoms with Gasteiger partial charge in [0.1, 0.15) is 6.61 Å². The van der Waals surface area contributed by atoms with Crippen LogP contribution < -0.4 is 9.75 Å². The largest absolute Gasteiger partial charge is 0.464 e. The maximum atomic E-state index is 13.2. The fourth-order valence-corrected chi connectivity index (χ4v) is 3.25. The first-order chi connectivity index (χ1) is 17.1. The molecule has 2 aromatic heterocycles. The van der Waals surface area contributed by atoms with Crippen LogP contribution in [0.15, 0.2) is 53.8 Å². The number of ether oxygens (including phenoxy) is 2. The number of likely N-dealkylation sites (N-methyl/N-ethyl adjacent to an activating group) is 1. The summed E-state index contributed by atoms with van der Waals surface area (Å²) >= 11 is 6.20. The molecule has 0 saturated heterocycles. The van der Waals surface area contributed by atoms with Crippen LogP contribution in [0.3, 0.4) is 0 Å². The number of aromatic nitrogens is 2. The fourth-order valence-electron chi connectivity index (χ4n) is 3.01. The van der Waals surface area contributed by atoms with Gasteiger partial charge in [0.25, 0.3) is 0 Å². The number of benzene rings is 1. The van der Waals surface area contributed by atoms with E-state index in [0.717, 1.165) is 17.5 Å². The number of amidine groups is 1.